The number of carbonyl (C=O) groups is 3. The SMILES string of the molecule is Cc1cccc(CC(=O)N[C@@H](CC(N)=O)C(=O)O)c1. The van der Waals surface area contributed by atoms with E-state index in [4.69, 9.17) is 10.8 Å². The standard InChI is InChI=1S/C13H16N2O4/c1-8-3-2-4-9(5-8)6-12(17)15-10(13(18)19)7-11(14)16/h2-5,10H,6-7H2,1H3,(H2,14,16)(H,15,17)(H,18,19)/t10-/m0/s1. The van der Waals surface area contributed by atoms with Gasteiger partial charge in [-0.15, -0.1) is 0 Å². The van der Waals surface area contributed by atoms with E-state index in [1.807, 2.05) is 25.1 Å². The van der Waals surface area contributed by atoms with Crippen LogP contribution < -0.4 is 11.1 Å². The van der Waals surface area contributed by atoms with Crippen LogP contribution in [0.3, 0.4) is 0 Å². The minimum absolute atomic E-state index is 0.0597. The second-order valence-corrected chi connectivity index (χ2v) is 4.29. The van der Waals surface area contributed by atoms with Crippen LogP contribution in [0.25, 0.3) is 0 Å². The number of primary amides is 1. The van der Waals surface area contributed by atoms with Gasteiger partial charge >= 0.3 is 5.97 Å². The first kappa shape index (κ1) is 14.7. The normalized spacial score (nSPS) is 11.6. The molecule has 0 unspecified atom stereocenters. The van der Waals surface area contributed by atoms with Gasteiger partial charge < -0.3 is 16.2 Å². The zero-order valence-electron chi connectivity index (χ0n) is 10.6. The molecule has 0 fully saturated rings. The smallest absolute Gasteiger partial charge is 0.326 e. The molecule has 1 aromatic carbocycles. The Labute approximate surface area is 110 Å². The van der Waals surface area contributed by atoms with Crippen molar-refractivity contribution in [3.8, 4) is 0 Å². The first-order valence-electron chi connectivity index (χ1n) is 5.74. The second kappa shape index (κ2) is 6.53. The van der Waals surface area contributed by atoms with Crippen molar-refractivity contribution in [1.82, 2.24) is 5.32 Å². The Morgan fingerprint density at radius 1 is 1.37 bits per heavy atom. The van der Waals surface area contributed by atoms with Crippen molar-refractivity contribution in [2.24, 2.45) is 5.73 Å². The topological polar surface area (TPSA) is 109 Å². The highest BCUT2D eigenvalue weighted by molar-refractivity contribution is 5.88. The Hall–Kier alpha value is -2.37. The highest BCUT2D eigenvalue weighted by Gasteiger charge is 2.21. The van der Waals surface area contributed by atoms with E-state index in [0.29, 0.717) is 0 Å². The number of hydrogen-bond acceptors (Lipinski definition) is 3. The molecule has 2 amide bonds. The number of carboxylic acids is 1. The Kier molecular flexibility index (Phi) is 5.05. The van der Waals surface area contributed by atoms with E-state index in [0.717, 1.165) is 11.1 Å². The number of rotatable bonds is 6. The van der Waals surface area contributed by atoms with Crippen molar-refractivity contribution in [1.29, 1.82) is 0 Å². The molecule has 0 saturated carbocycles. The molecule has 0 bridgehead atoms. The predicted octanol–water partition coefficient (Wildman–Crippen LogP) is -0.0177. The van der Waals surface area contributed by atoms with Crippen molar-refractivity contribution in [2.75, 3.05) is 0 Å². The van der Waals surface area contributed by atoms with Crippen LogP contribution in [0.5, 0.6) is 0 Å². The summed E-state index contributed by atoms with van der Waals surface area (Å²) in [5.41, 5.74) is 6.72. The lowest BCUT2D eigenvalue weighted by atomic mass is 10.1. The third kappa shape index (κ3) is 5.20. The number of amides is 2. The van der Waals surface area contributed by atoms with E-state index in [1.165, 1.54) is 0 Å². The molecule has 0 aromatic heterocycles. The zero-order chi connectivity index (χ0) is 14.4. The van der Waals surface area contributed by atoms with Gasteiger partial charge in [0.15, 0.2) is 0 Å². The van der Waals surface area contributed by atoms with E-state index in [9.17, 15) is 14.4 Å². The number of benzene rings is 1. The Morgan fingerprint density at radius 3 is 2.58 bits per heavy atom. The lowest BCUT2D eigenvalue weighted by Gasteiger charge is -2.12. The van der Waals surface area contributed by atoms with E-state index >= 15 is 0 Å². The molecule has 1 rings (SSSR count). The van der Waals surface area contributed by atoms with Crippen molar-refractivity contribution < 1.29 is 19.5 Å². The van der Waals surface area contributed by atoms with Gasteiger partial charge in [-0.25, -0.2) is 4.79 Å². The average Bonchev–Trinajstić information content (AvgIpc) is 2.27. The van der Waals surface area contributed by atoms with Gasteiger partial charge in [-0.3, -0.25) is 9.59 Å². The molecule has 0 aliphatic rings. The summed E-state index contributed by atoms with van der Waals surface area (Å²) in [6, 6.07) is 6.04. The maximum absolute atomic E-state index is 11.7. The summed E-state index contributed by atoms with van der Waals surface area (Å²) < 4.78 is 0. The molecule has 19 heavy (non-hydrogen) atoms. The van der Waals surface area contributed by atoms with Crippen molar-refractivity contribution in [2.45, 2.75) is 25.8 Å². The van der Waals surface area contributed by atoms with Gasteiger partial charge in [0, 0.05) is 0 Å². The quantitative estimate of drug-likeness (QED) is 0.670. The monoisotopic (exact) mass is 264 g/mol. The molecule has 0 radical (unpaired) electrons. The maximum atomic E-state index is 11.7. The van der Waals surface area contributed by atoms with Crippen LogP contribution in [0, 0.1) is 6.92 Å². The summed E-state index contributed by atoms with van der Waals surface area (Å²) in [6.07, 6.45) is -0.362. The van der Waals surface area contributed by atoms with Gasteiger partial charge in [0.25, 0.3) is 0 Å². The number of nitrogens with two attached hydrogens (primary N) is 1. The maximum Gasteiger partial charge on any atom is 0.326 e. The van der Waals surface area contributed by atoms with Gasteiger partial charge in [0.2, 0.25) is 11.8 Å². The number of carboxylic acid groups (broad SMARTS) is 1. The predicted molar refractivity (Wildman–Crippen MR) is 68.3 cm³/mol. The molecule has 1 atom stereocenters. The minimum Gasteiger partial charge on any atom is -0.480 e. The number of nitrogens with one attached hydrogen (secondary N) is 1. The Balaban J connectivity index is 2.62. The fourth-order valence-corrected chi connectivity index (χ4v) is 1.65. The molecule has 0 saturated heterocycles. The van der Waals surface area contributed by atoms with E-state index in [2.05, 4.69) is 5.32 Å². The van der Waals surface area contributed by atoms with Crippen LogP contribution in [-0.2, 0) is 20.8 Å². The highest BCUT2D eigenvalue weighted by atomic mass is 16.4. The third-order valence-electron chi connectivity index (χ3n) is 2.49. The zero-order valence-corrected chi connectivity index (χ0v) is 10.6. The number of aryl methyl sites for hydroxylation is 1. The first-order valence-corrected chi connectivity index (χ1v) is 5.74. The van der Waals surface area contributed by atoms with Crippen molar-refractivity contribution in [3.63, 3.8) is 0 Å². The number of carbonyl (C=O) groups excluding carboxylic acids is 2. The minimum atomic E-state index is -1.28. The molecule has 0 heterocycles. The van der Waals surface area contributed by atoms with Gasteiger partial charge in [-0.05, 0) is 12.5 Å². The molecule has 4 N–H and O–H groups in total. The number of aliphatic carboxylic acids is 1. The Morgan fingerprint density at radius 2 is 2.05 bits per heavy atom. The van der Waals surface area contributed by atoms with Crippen LogP contribution in [-0.4, -0.2) is 28.9 Å². The van der Waals surface area contributed by atoms with Crippen LogP contribution in [0.4, 0.5) is 0 Å². The number of hydrogen-bond donors (Lipinski definition) is 3. The molecule has 0 aliphatic carbocycles. The third-order valence-corrected chi connectivity index (χ3v) is 2.49. The average molecular weight is 264 g/mol. The summed E-state index contributed by atoms with van der Waals surface area (Å²) in [6.45, 7) is 1.90. The second-order valence-electron chi connectivity index (χ2n) is 4.29. The van der Waals surface area contributed by atoms with E-state index < -0.39 is 30.2 Å². The lowest BCUT2D eigenvalue weighted by molar-refractivity contribution is -0.143. The van der Waals surface area contributed by atoms with Crippen LogP contribution >= 0.6 is 0 Å². The summed E-state index contributed by atoms with van der Waals surface area (Å²) in [5, 5.41) is 11.1. The van der Waals surface area contributed by atoms with Gasteiger partial charge in [0.1, 0.15) is 6.04 Å². The molecular weight excluding hydrogens is 248 g/mol. The van der Waals surface area contributed by atoms with Crippen LogP contribution in [0.15, 0.2) is 24.3 Å². The molecule has 0 spiro atoms. The largest absolute Gasteiger partial charge is 0.480 e. The summed E-state index contributed by atoms with van der Waals surface area (Å²) in [5.74, 6) is -2.51. The summed E-state index contributed by atoms with van der Waals surface area (Å²) >= 11 is 0. The molecule has 6 nitrogen and oxygen atoms in total. The van der Waals surface area contributed by atoms with Crippen LogP contribution in [0.2, 0.25) is 0 Å². The fraction of sp³-hybridized carbons (Fsp3) is 0.308. The van der Waals surface area contributed by atoms with Crippen LogP contribution in [0.1, 0.15) is 17.5 Å². The van der Waals surface area contributed by atoms with Crippen molar-refractivity contribution in [3.05, 3.63) is 35.4 Å². The van der Waals surface area contributed by atoms with E-state index in [1.54, 1.807) is 6.07 Å². The lowest BCUT2D eigenvalue weighted by Crippen LogP contribution is -2.43. The molecular formula is C13H16N2O4. The highest BCUT2D eigenvalue weighted by Crippen LogP contribution is 2.05. The Bertz CT molecular complexity index is 499. The van der Waals surface area contributed by atoms with Gasteiger partial charge in [-0.2, -0.15) is 0 Å². The molecule has 1 aromatic rings. The summed E-state index contributed by atoms with van der Waals surface area (Å²) in [7, 11) is 0. The van der Waals surface area contributed by atoms with Crippen molar-refractivity contribution >= 4 is 17.8 Å². The van der Waals surface area contributed by atoms with Gasteiger partial charge in [0.05, 0.1) is 12.8 Å². The fourth-order valence-electron chi connectivity index (χ4n) is 1.65. The first-order chi connectivity index (χ1) is 8.88. The molecule has 6 heteroatoms. The molecule has 0 aliphatic heterocycles. The van der Waals surface area contributed by atoms with Gasteiger partial charge in [-0.1, -0.05) is 29.8 Å². The molecule has 102 valence electrons. The van der Waals surface area contributed by atoms with E-state index in [-0.39, 0.29) is 6.42 Å². The summed E-state index contributed by atoms with van der Waals surface area (Å²) in [4.78, 5) is 33.3.